The third-order valence-corrected chi connectivity index (χ3v) is 6.39. The zero-order valence-electron chi connectivity index (χ0n) is 17.7. The summed E-state index contributed by atoms with van der Waals surface area (Å²) in [6.07, 6.45) is 3.27. The molecule has 1 unspecified atom stereocenters. The Balaban J connectivity index is 0.00000274. The lowest BCUT2D eigenvalue weighted by atomic mass is 9.80. The average Bonchev–Trinajstić information content (AvgIpc) is 2.85. The summed E-state index contributed by atoms with van der Waals surface area (Å²) in [6.45, 7) is 0. The van der Waals surface area contributed by atoms with Crippen LogP contribution in [0.5, 0.6) is 5.75 Å². The molecule has 2 N–H and O–H groups in total. The van der Waals surface area contributed by atoms with E-state index in [1.165, 1.54) is 0 Å². The molecule has 170 valence electrons. The fourth-order valence-electron chi connectivity index (χ4n) is 4.05. The average molecular weight is 510 g/mol. The van der Waals surface area contributed by atoms with E-state index in [0.29, 0.717) is 43.3 Å². The lowest BCUT2D eigenvalue weighted by Gasteiger charge is -2.30. The highest BCUT2D eigenvalue weighted by Gasteiger charge is 2.34. The van der Waals surface area contributed by atoms with Crippen LogP contribution >= 0.6 is 35.6 Å². The van der Waals surface area contributed by atoms with E-state index in [2.05, 4.69) is 9.97 Å². The number of nitrogens with zero attached hydrogens (tertiary/aromatic N) is 2. The Hall–Kier alpha value is -3.15. The van der Waals surface area contributed by atoms with Crippen LogP contribution in [0.25, 0.3) is 22.0 Å². The van der Waals surface area contributed by atoms with Gasteiger partial charge in [0.05, 0.1) is 10.5 Å². The number of phenolic OH excluding ortho intramolecular Hbond substituents is 1. The number of aromatic hydroxyl groups is 1. The number of aromatic nitrogens is 2. The van der Waals surface area contributed by atoms with E-state index in [0.717, 1.165) is 5.56 Å². The largest absolute Gasteiger partial charge is 0.508 e. The second-order valence-corrected chi connectivity index (χ2v) is 8.42. The molecule has 0 radical (unpaired) electrons. The fourth-order valence-corrected chi connectivity index (χ4v) is 4.74. The number of benzene rings is 3. The van der Waals surface area contributed by atoms with E-state index < -0.39 is 5.60 Å². The molecule has 0 amide bonds. The molecule has 0 fully saturated rings. The van der Waals surface area contributed by atoms with Gasteiger partial charge < -0.3 is 10.2 Å². The predicted octanol–water partition coefficient (Wildman–Crippen LogP) is 7.02. The van der Waals surface area contributed by atoms with E-state index in [-0.39, 0.29) is 18.2 Å². The highest BCUT2D eigenvalue weighted by Crippen LogP contribution is 2.42. The van der Waals surface area contributed by atoms with E-state index >= 15 is 0 Å². The van der Waals surface area contributed by atoms with Gasteiger partial charge in [-0.2, -0.15) is 0 Å². The molecule has 1 atom stereocenters. The van der Waals surface area contributed by atoms with Gasteiger partial charge in [-0.25, -0.2) is 4.98 Å². The summed E-state index contributed by atoms with van der Waals surface area (Å²) >= 11 is 13.4. The molecule has 5 rings (SSSR count). The van der Waals surface area contributed by atoms with Gasteiger partial charge >= 0.3 is 0 Å². The molecule has 0 saturated heterocycles. The van der Waals surface area contributed by atoms with Crippen LogP contribution < -0.4 is 0 Å². The first-order valence-corrected chi connectivity index (χ1v) is 11.0. The van der Waals surface area contributed by atoms with Crippen LogP contribution in [0.3, 0.4) is 0 Å². The summed E-state index contributed by atoms with van der Waals surface area (Å²) in [7, 11) is 0. The molecule has 0 saturated carbocycles. The van der Waals surface area contributed by atoms with Gasteiger partial charge in [0.2, 0.25) is 0 Å². The van der Waals surface area contributed by atoms with Gasteiger partial charge in [0.25, 0.3) is 0 Å². The zero-order valence-corrected chi connectivity index (χ0v) is 20.0. The van der Waals surface area contributed by atoms with Crippen molar-refractivity contribution >= 4 is 46.5 Å². The zero-order chi connectivity index (χ0) is 23.0. The molecule has 2 aromatic heterocycles. The molecule has 0 aliphatic rings. The van der Waals surface area contributed by atoms with E-state index in [4.69, 9.17) is 23.2 Å². The summed E-state index contributed by atoms with van der Waals surface area (Å²) < 4.78 is 0. The Morgan fingerprint density at radius 3 is 2.15 bits per heavy atom. The minimum atomic E-state index is -1.54. The Labute approximate surface area is 212 Å². The summed E-state index contributed by atoms with van der Waals surface area (Å²) in [4.78, 5) is 8.75. The van der Waals surface area contributed by atoms with Crippen LogP contribution in [0.2, 0.25) is 10.2 Å². The van der Waals surface area contributed by atoms with Crippen LogP contribution in [0.4, 0.5) is 0 Å². The molecule has 34 heavy (non-hydrogen) atoms. The molecule has 4 nitrogen and oxygen atoms in total. The molecule has 0 bridgehead atoms. The lowest BCUT2D eigenvalue weighted by molar-refractivity contribution is 0.125. The number of hydrogen-bond acceptors (Lipinski definition) is 4. The smallest absolute Gasteiger partial charge is 0.142 e. The first-order chi connectivity index (χ1) is 16.0. The number of rotatable bonds is 4. The molecule has 0 aliphatic carbocycles. The fraction of sp³-hybridized carbons (Fsp3) is 0.0370. The summed E-state index contributed by atoms with van der Waals surface area (Å²) in [6, 6.07) is 25.0. The SMILES string of the molecule is Cl.Oc1ccc(C(O)(c2cccnc2)c2ccc3nc(Cl)c(-c4ccccc4)c(Cl)c3c2)cc1. The monoisotopic (exact) mass is 508 g/mol. The van der Waals surface area contributed by atoms with Gasteiger partial charge in [-0.05, 0) is 47.0 Å². The standard InChI is InChI=1S/C27H18Cl2N2O2.ClH/c28-25-22-15-19(10-13-23(22)31-26(29)24(25)17-5-2-1-3-6-17)27(33,20-7-4-14-30-16-20)18-8-11-21(32)12-9-18;/h1-16,32-33H;1H. The Morgan fingerprint density at radius 2 is 1.47 bits per heavy atom. The Kier molecular flexibility index (Phi) is 6.78. The van der Waals surface area contributed by atoms with Crippen molar-refractivity contribution in [3.05, 3.63) is 124 Å². The topological polar surface area (TPSA) is 66.2 Å². The van der Waals surface area contributed by atoms with Crippen LogP contribution in [0.1, 0.15) is 16.7 Å². The minimum absolute atomic E-state index is 0. The number of fused-ring (bicyclic) bond motifs is 1. The molecule has 0 aliphatic heterocycles. The van der Waals surface area contributed by atoms with E-state index in [1.54, 1.807) is 60.9 Å². The second kappa shape index (κ2) is 9.61. The third-order valence-electron chi connectivity index (χ3n) is 5.72. The van der Waals surface area contributed by atoms with Gasteiger partial charge in [0, 0.05) is 28.9 Å². The lowest BCUT2D eigenvalue weighted by Crippen LogP contribution is -2.29. The Bertz CT molecular complexity index is 1450. The summed E-state index contributed by atoms with van der Waals surface area (Å²) in [5.74, 6) is 0.111. The second-order valence-electron chi connectivity index (χ2n) is 7.69. The maximum Gasteiger partial charge on any atom is 0.142 e. The van der Waals surface area contributed by atoms with Crippen LogP contribution in [0.15, 0.2) is 97.3 Å². The van der Waals surface area contributed by atoms with Gasteiger partial charge in [-0.3, -0.25) is 4.98 Å². The third kappa shape index (κ3) is 4.10. The molecule has 3 aromatic carbocycles. The van der Waals surface area contributed by atoms with Crippen molar-refractivity contribution in [2.45, 2.75) is 5.60 Å². The molecular formula is C27H19Cl3N2O2. The van der Waals surface area contributed by atoms with Gasteiger partial charge in [0.1, 0.15) is 16.5 Å². The Morgan fingerprint density at radius 1 is 0.765 bits per heavy atom. The van der Waals surface area contributed by atoms with Crippen LogP contribution in [0, 0.1) is 0 Å². The highest BCUT2D eigenvalue weighted by molar-refractivity contribution is 6.42. The van der Waals surface area contributed by atoms with Crippen molar-refractivity contribution in [2.24, 2.45) is 0 Å². The van der Waals surface area contributed by atoms with E-state index in [9.17, 15) is 10.2 Å². The number of halogens is 3. The van der Waals surface area contributed by atoms with Crippen molar-refractivity contribution in [3.63, 3.8) is 0 Å². The first-order valence-electron chi connectivity index (χ1n) is 10.3. The maximum absolute atomic E-state index is 12.1. The van der Waals surface area contributed by atoms with Gasteiger partial charge in [-0.15, -0.1) is 12.4 Å². The van der Waals surface area contributed by atoms with Crippen molar-refractivity contribution in [2.75, 3.05) is 0 Å². The maximum atomic E-state index is 12.1. The van der Waals surface area contributed by atoms with Crippen LogP contribution in [-0.4, -0.2) is 20.2 Å². The van der Waals surface area contributed by atoms with Crippen molar-refractivity contribution in [1.29, 1.82) is 0 Å². The van der Waals surface area contributed by atoms with Gasteiger partial charge in [0.15, 0.2) is 0 Å². The van der Waals surface area contributed by atoms with Crippen molar-refractivity contribution in [3.8, 4) is 16.9 Å². The number of pyridine rings is 2. The molecule has 7 heteroatoms. The first kappa shape index (κ1) is 24.0. The van der Waals surface area contributed by atoms with Crippen molar-refractivity contribution < 1.29 is 10.2 Å². The molecule has 2 heterocycles. The highest BCUT2D eigenvalue weighted by atomic mass is 35.5. The number of aliphatic hydroxyl groups is 1. The van der Waals surface area contributed by atoms with E-state index in [1.807, 2.05) is 36.4 Å². The number of phenols is 1. The molecule has 5 aromatic rings. The summed E-state index contributed by atoms with van der Waals surface area (Å²) in [5, 5.41) is 23.3. The van der Waals surface area contributed by atoms with Crippen molar-refractivity contribution in [1.82, 2.24) is 9.97 Å². The van der Waals surface area contributed by atoms with Crippen LogP contribution in [-0.2, 0) is 5.60 Å². The minimum Gasteiger partial charge on any atom is -0.508 e. The summed E-state index contributed by atoms with van der Waals surface area (Å²) in [5.41, 5.74) is 2.31. The molecule has 0 spiro atoms. The number of hydrogen-bond donors (Lipinski definition) is 2. The predicted molar refractivity (Wildman–Crippen MR) is 139 cm³/mol. The normalized spacial score (nSPS) is 12.7. The van der Waals surface area contributed by atoms with Gasteiger partial charge in [-0.1, -0.05) is 77.8 Å². The quantitative estimate of drug-likeness (QED) is 0.256. The molecular weight excluding hydrogens is 491 g/mol.